The van der Waals surface area contributed by atoms with Crippen molar-refractivity contribution in [1.29, 1.82) is 0 Å². The quantitative estimate of drug-likeness (QED) is 0.163. The highest BCUT2D eigenvalue weighted by molar-refractivity contribution is 6.25. The first-order chi connectivity index (χ1) is 26.7. The Kier molecular flexibility index (Phi) is 6.15. The van der Waals surface area contributed by atoms with E-state index in [0.29, 0.717) is 0 Å². The van der Waals surface area contributed by atoms with Crippen molar-refractivity contribution in [3.8, 4) is 33.4 Å². The minimum atomic E-state index is 1.23. The Morgan fingerprint density at radius 1 is 0.204 bits per heavy atom. The van der Waals surface area contributed by atoms with Crippen molar-refractivity contribution < 1.29 is 0 Å². The minimum Gasteiger partial charge on any atom is -0.0616 e. The molecule has 0 saturated carbocycles. The van der Waals surface area contributed by atoms with Gasteiger partial charge in [0.1, 0.15) is 0 Å². The molecule has 0 aliphatic carbocycles. The van der Waals surface area contributed by atoms with Crippen molar-refractivity contribution in [2.45, 2.75) is 0 Å². The van der Waals surface area contributed by atoms with E-state index in [-0.39, 0.29) is 0 Å². The van der Waals surface area contributed by atoms with Gasteiger partial charge in [-0.3, -0.25) is 0 Å². The van der Waals surface area contributed by atoms with Gasteiger partial charge in [0, 0.05) is 0 Å². The van der Waals surface area contributed by atoms with Gasteiger partial charge >= 0.3 is 0 Å². The average molecular weight is 681 g/mol. The number of hydrogen-bond acceptors (Lipinski definition) is 0. The zero-order chi connectivity index (χ0) is 35.3. The van der Waals surface area contributed by atoms with Crippen LogP contribution in [-0.2, 0) is 0 Å². The summed E-state index contributed by atoms with van der Waals surface area (Å²) in [5.41, 5.74) is 7.48. The smallest absolute Gasteiger partial charge is 0.00206 e. The van der Waals surface area contributed by atoms with Crippen LogP contribution in [-0.4, -0.2) is 0 Å². The highest BCUT2D eigenvalue weighted by Crippen LogP contribution is 2.44. The van der Waals surface area contributed by atoms with Crippen molar-refractivity contribution in [3.05, 3.63) is 194 Å². The zero-order valence-electron chi connectivity index (χ0n) is 29.5. The molecule has 0 atom stereocenters. The van der Waals surface area contributed by atoms with E-state index < -0.39 is 0 Å². The summed E-state index contributed by atoms with van der Waals surface area (Å²) in [6.45, 7) is 0. The van der Waals surface area contributed by atoms with Gasteiger partial charge in [0.25, 0.3) is 0 Å². The molecule has 0 saturated heterocycles. The lowest BCUT2D eigenvalue weighted by Crippen LogP contribution is -1.91. The third-order valence-electron chi connectivity index (χ3n) is 11.9. The topological polar surface area (TPSA) is 0 Å². The Balaban J connectivity index is 1.09. The predicted molar refractivity (Wildman–Crippen MR) is 234 cm³/mol. The van der Waals surface area contributed by atoms with E-state index in [1.807, 2.05) is 0 Å². The van der Waals surface area contributed by atoms with Gasteiger partial charge in [0.05, 0.1) is 0 Å². The number of benzene rings is 12. The maximum atomic E-state index is 2.40. The molecule has 0 amide bonds. The Bertz CT molecular complexity index is 3480. The summed E-state index contributed by atoms with van der Waals surface area (Å²) in [7, 11) is 0. The molecule has 0 fully saturated rings. The fourth-order valence-electron chi connectivity index (χ4n) is 9.39. The van der Waals surface area contributed by atoms with Crippen LogP contribution in [0.4, 0.5) is 0 Å². The normalized spacial score (nSPS) is 12.1. The fourth-order valence-corrected chi connectivity index (χ4v) is 9.39. The lowest BCUT2D eigenvalue weighted by molar-refractivity contribution is 1.64. The van der Waals surface area contributed by atoms with Crippen LogP contribution in [0.5, 0.6) is 0 Å². The second-order valence-corrected chi connectivity index (χ2v) is 14.8. The molecule has 0 heteroatoms. The molecule has 0 heterocycles. The molecule has 248 valence electrons. The van der Waals surface area contributed by atoms with Crippen LogP contribution in [0.2, 0.25) is 0 Å². The Hall–Kier alpha value is -7.02. The summed E-state index contributed by atoms with van der Waals surface area (Å²) >= 11 is 0. The van der Waals surface area contributed by atoms with Gasteiger partial charge in [-0.15, -0.1) is 0 Å². The molecule has 54 heavy (non-hydrogen) atoms. The highest BCUT2D eigenvalue weighted by Gasteiger charge is 2.17. The lowest BCUT2D eigenvalue weighted by atomic mass is 9.86. The summed E-state index contributed by atoms with van der Waals surface area (Å²) < 4.78 is 0. The first-order valence-electron chi connectivity index (χ1n) is 18.8. The fraction of sp³-hybridized carbons (Fsp3) is 0. The van der Waals surface area contributed by atoms with Crippen LogP contribution in [0, 0.1) is 0 Å². The lowest BCUT2D eigenvalue weighted by Gasteiger charge is -2.18. The van der Waals surface area contributed by atoms with Gasteiger partial charge in [-0.25, -0.2) is 0 Å². The zero-order valence-corrected chi connectivity index (χ0v) is 29.5. The second-order valence-electron chi connectivity index (χ2n) is 14.8. The van der Waals surface area contributed by atoms with E-state index in [1.54, 1.807) is 0 Å². The molecule has 12 rings (SSSR count). The molecule has 0 aliphatic heterocycles. The van der Waals surface area contributed by atoms with Crippen molar-refractivity contribution in [3.63, 3.8) is 0 Å². The summed E-state index contributed by atoms with van der Waals surface area (Å²) in [6, 6.07) is 72.6. The molecule has 0 N–H and O–H groups in total. The van der Waals surface area contributed by atoms with Crippen molar-refractivity contribution >= 4 is 86.2 Å². The second kappa shape index (κ2) is 11.2. The monoisotopic (exact) mass is 680 g/mol. The van der Waals surface area contributed by atoms with Gasteiger partial charge in [-0.1, -0.05) is 176 Å². The molecule has 0 nitrogen and oxygen atoms in total. The number of rotatable bonds is 3. The van der Waals surface area contributed by atoms with Crippen molar-refractivity contribution in [2.24, 2.45) is 0 Å². The first-order valence-corrected chi connectivity index (χ1v) is 18.8. The number of hydrogen-bond donors (Lipinski definition) is 0. The molecule has 0 aromatic heterocycles. The number of fused-ring (bicyclic) bond motifs is 7. The van der Waals surface area contributed by atoms with Gasteiger partial charge in [0.15, 0.2) is 0 Å². The van der Waals surface area contributed by atoms with Crippen LogP contribution in [0.15, 0.2) is 194 Å². The van der Waals surface area contributed by atoms with Gasteiger partial charge in [0.2, 0.25) is 0 Å². The molecule has 12 aromatic rings. The van der Waals surface area contributed by atoms with E-state index in [1.165, 1.54) is 120 Å². The van der Waals surface area contributed by atoms with Crippen LogP contribution < -0.4 is 0 Å². The van der Waals surface area contributed by atoms with Crippen LogP contribution in [0.1, 0.15) is 0 Å². The van der Waals surface area contributed by atoms with Gasteiger partial charge in [-0.05, 0) is 138 Å². The van der Waals surface area contributed by atoms with Crippen LogP contribution in [0.3, 0.4) is 0 Å². The van der Waals surface area contributed by atoms with Crippen molar-refractivity contribution in [1.82, 2.24) is 0 Å². The standard InChI is InChI=1S/C54H32/c1-3-10-44-33(6-1)12-16-38-30-41(20-25-46(38)44)50-28-22-42-31-40(48-24-18-37-15-14-35-8-5-9-36-19-29-51(48)54(37)52(35)36)21-27-49(42)53(50)43-23-26-47-39(32-43)17-13-34-7-2-4-11-45(34)47/h1-32H. The predicted octanol–water partition coefficient (Wildman–Crippen LogP) is 15.4. The van der Waals surface area contributed by atoms with E-state index >= 15 is 0 Å². The molecule has 12 aromatic carbocycles. The van der Waals surface area contributed by atoms with Crippen LogP contribution >= 0.6 is 0 Å². The van der Waals surface area contributed by atoms with E-state index in [0.717, 1.165) is 0 Å². The molecule has 0 unspecified atom stereocenters. The first kappa shape index (κ1) is 29.5. The van der Waals surface area contributed by atoms with E-state index in [4.69, 9.17) is 0 Å². The minimum absolute atomic E-state index is 1.23. The van der Waals surface area contributed by atoms with E-state index in [2.05, 4.69) is 194 Å². The molecular formula is C54H32. The molecule has 0 bridgehead atoms. The maximum absolute atomic E-state index is 2.40. The van der Waals surface area contributed by atoms with E-state index in [9.17, 15) is 0 Å². The largest absolute Gasteiger partial charge is 0.0616 e. The summed E-state index contributed by atoms with van der Waals surface area (Å²) in [5, 5.41) is 20.6. The molecule has 0 spiro atoms. The van der Waals surface area contributed by atoms with Gasteiger partial charge in [-0.2, -0.15) is 0 Å². The highest BCUT2D eigenvalue weighted by atomic mass is 14.2. The van der Waals surface area contributed by atoms with Crippen LogP contribution in [0.25, 0.3) is 120 Å². The summed E-state index contributed by atoms with van der Waals surface area (Å²) in [4.78, 5) is 0. The third-order valence-corrected chi connectivity index (χ3v) is 11.9. The third kappa shape index (κ3) is 4.32. The SMILES string of the molecule is c1ccc2c(c1)ccc1cc(-c3ccc4cc(-c5ccc6ccc7cccc8ccc5c6c78)ccc4c3-c3ccc4c(ccc5ccccc54)c3)ccc12. The van der Waals surface area contributed by atoms with Gasteiger partial charge < -0.3 is 0 Å². The molecular weight excluding hydrogens is 649 g/mol. The van der Waals surface area contributed by atoms with Crippen molar-refractivity contribution in [2.75, 3.05) is 0 Å². The molecule has 0 radical (unpaired) electrons. The Morgan fingerprint density at radius 2 is 0.611 bits per heavy atom. The Morgan fingerprint density at radius 3 is 1.31 bits per heavy atom. The average Bonchev–Trinajstić information content (AvgIpc) is 3.24. The molecule has 0 aliphatic rings. The maximum Gasteiger partial charge on any atom is -0.00206 e. The summed E-state index contributed by atoms with van der Waals surface area (Å²) in [5.74, 6) is 0. The Labute approximate surface area is 312 Å². The summed E-state index contributed by atoms with van der Waals surface area (Å²) in [6.07, 6.45) is 0.